The van der Waals surface area contributed by atoms with E-state index in [4.69, 9.17) is 33.2 Å². The average molecular weight is 807 g/mol. The molecule has 2 saturated heterocycles. The molecule has 324 valence electrons. The molecule has 0 amide bonds. The van der Waals surface area contributed by atoms with Crippen molar-refractivity contribution in [2.75, 3.05) is 6.61 Å². The van der Waals surface area contributed by atoms with Crippen LogP contribution >= 0.6 is 0 Å². The van der Waals surface area contributed by atoms with Crippen LogP contribution in [0.25, 0.3) is 0 Å². The fourth-order valence-electron chi connectivity index (χ4n) is 13.6. The van der Waals surface area contributed by atoms with Crippen LogP contribution in [0.2, 0.25) is 0 Å². The van der Waals surface area contributed by atoms with Crippen molar-refractivity contribution in [3.8, 4) is 0 Å². The Morgan fingerprint density at radius 2 is 1.32 bits per heavy atom. The Hall–Kier alpha value is -2.32. The summed E-state index contributed by atoms with van der Waals surface area (Å²) in [6.07, 6.45) is 0.0258. The van der Waals surface area contributed by atoms with E-state index in [-0.39, 0.29) is 58.0 Å². The SMILES string of the molecule is CC(=O)OC[C@H]1O[C@@H](O[C@H]2C[C@@H]3[C@@]4(C)CC[C@H](O)C(C)(C)[C@@H]4CC[C@@]3(C)[C@]3(C)CC[C@H]([C@]4(C)CC[C@H](C(C)(C)O)O4)[C@@H]23)[C@H](OC(C)=O)[C@@H](OC(C)=O)[C@@H]1OC(C)=O. The summed E-state index contributed by atoms with van der Waals surface area (Å²) < 4.78 is 43.6. The third-order valence-electron chi connectivity index (χ3n) is 16.5. The Bertz CT molecular complexity index is 1560. The summed E-state index contributed by atoms with van der Waals surface area (Å²) >= 11 is 0. The van der Waals surface area contributed by atoms with Gasteiger partial charge in [0.15, 0.2) is 24.6 Å². The Morgan fingerprint density at radius 1 is 0.719 bits per heavy atom. The number of ether oxygens (including phenoxy) is 7. The summed E-state index contributed by atoms with van der Waals surface area (Å²) in [6, 6.07) is 0. The summed E-state index contributed by atoms with van der Waals surface area (Å²) in [5.41, 5.74) is -2.31. The Balaban J connectivity index is 1.47. The first-order chi connectivity index (χ1) is 26.3. The van der Waals surface area contributed by atoms with E-state index in [1.807, 2.05) is 0 Å². The fraction of sp³-hybridized carbons (Fsp3) is 0.909. The van der Waals surface area contributed by atoms with E-state index in [9.17, 15) is 29.4 Å². The topological polar surface area (TPSA) is 173 Å². The standard InChI is InChI=1S/C44H70O13/c1-23(45)51-22-29-35(52-24(2)46)36(53-25(3)47)37(54-26(4)48)38(56-29)55-28-21-31-41(9)17-15-32(49)39(5,6)30(41)14-19-42(31,10)43(11)18-13-27(34(28)43)44(12)20-16-33(57-44)40(7,8)50/h27-38,49-50H,13-22H2,1-12H3/t27-,28-,29+,30-,31+,32-,33+,34-,35+,36-,37+,38+,41-,42+,43+,44-/m0/s1. The molecular formula is C44H70O13. The van der Waals surface area contributed by atoms with Crippen molar-refractivity contribution in [1.82, 2.24) is 0 Å². The summed E-state index contributed by atoms with van der Waals surface area (Å²) in [5.74, 6) is -2.21. The molecular weight excluding hydrogens is 736 g/mol. The number of carbonyl (C=O) groups is 4. The van der Waals surface area contributed by atoms with Crippen LogP contribution in [0, 0.1) is 45.3 Å². The zero-order valence-corrected chi connectivity index (χ0v) is 36.4. The van der Waals surface area contributed by atoms with Crippen molar-refractivity contribution >= 4 is 23.9 Å². The van der Waals surface area contributed by atoms with Gasteiger partial charge in [-0.25, -0.2) is 0 Å². The molecule has 0 aromatic heterocycles. The minimum absolute atomic E-state index is 0.0402. The lowest BCUT2D eigenvalue weighted by Crippen LogP contribution is -2.68. The maximum absolute atomic E-state index is 12.8. The fourth-order valence-corrected chi connectivity index (χ4v) is 13.6. The molecule has 0 bridgehead atoms. The number of hydrogen-bond acceptors (Lipinski definition) is 13. The molecule has 13 nitrogen and oxygen atoms in total. The number of fused-ring (bicyclic) bond motifs is 5. The van der Waals surface area contributed by atoms with E-state index in [0.717, 1.165) is 44.9 Å². The molecule has 0 aromatic carbocycles. The van der Waals surface area contributed by atoms with Gasteiger partial charge in [0.1, 0.15) is 12.7 Å². The largest absolute Gasteiger partial charge is 0.463 e. The highest BCUT2D eigenvalue weighted by molar-refractivity contribution is 5.68. The highest BCUT2D eigenvalue weighted by Gasteiger charge is 2.73. The lowest BCUT2D eigenvalue weighted by atomic mass is 9.35. The van der Waals surface area contributed by atoms with Crippen LogP contribution in [-0.2, 0) is 52.3 Å². The van der Waals surface area contributed by atoms with Crippen molar-refractivity contribution < 1.29 is 62.5 Å². The van der Waals surface area contributed by atoms with Crippen molar-refractivity contribution in [2.24, 2.45) is 45.3 Å². The summed E-state index contributed by atoms with van der Waals surface area (Å²) in [5, 5.41) is 22.4. The minimum Gasteiger partial charge on any atom is -0.463 e. The molecule has 57 heavy (non-hydrogen) atoms. The van der Waals surface area contributed by atoms with Crippen LogP contribution in [0.1, 0.15) is 141 Å². The predicted molar refractivity (Wildman–Crippen MR) is 206 cm³/mol. The summed E-state index contributed by atoms with van der Waals surface area (Å²) in [6.45, 7) is 22.1. The zero-order chi connectivity index (χ0) is 42.3. The lowest BCUT2D eigenvalue weighted by Gasteiger charge is -2.71. The van der Waals surface area contributed by atoms with Gasteiger partial charge in [0.2, 0.25) is 0 Å². The van der Waals surface area contributed by atoms with Crippen LogP contribution in [0.3, 0.4) is 0 Å². The summed E-state index contributed by atoms with van der Waals surface area (Å²) in [7, 11) is 0. The van der Waals surface area contributed by atoms with Crippen LogP contribution in [0.15, 0.2) is 0 Å². The zero-order valence-electron chi connectivity index (χ0n) is 36.4. The monoisotopic (exact) mass is 806 g/mol. The van der Waals surface area contributed by atoms with Gasteiger partial charge in [-0.15, -0.1) is 0 Å². The van der Waals surface area contributed by atoms with E-state index in [1.54, 1.807) is 13.8 Å². The highest BCUT2D eigenvalue weighted by atomic mass is 16.7. The molecule has 6 aliphatic rings. The maximum atomic E-state index is 12.8. The highest BCUT2D eigenvalue weighted by Crippen LogP contribution is 2.76. The third-order valence-corrected chi connectivity index (χ3v) is 16.5. The van der Waals surface area contributed by atoms with Gasteiger partial charge in [0, 0.05) is 27.7 Å². The van der Waals surface area contributed by atoms with Gasteiger partial charge in [-0.1, -0.05) is 34.6 Å². The van der Waals surface area contributed by atoms with Gasteiger partial charge in [-0.2, -0.15) is 0 Å². The second-order valence-corrected chi connectivity index (χ2v) is 20.6. The first-order valence-corrected chi connectivity index (χ1v) is 21.3. The molecule has 2 N–H and O–H groups in total. The molecule has 2 aliphatic heterocycles. The molecule has 4 aliphatic carbocycles. The van der Waals surface area contributed by atoms with Gasteiger partial charge >= 0.3 is 23.9 Å². The number of carbonyl (C=O) groups excluding carboxylic acids is 4. The first kappa shape index (κ1) is 44.2. The van der Waals surface area contributed by atoms with E-state index < -0.39 is 78.0 Å². The molecule has 4 saturated carbocycles. The number of hydrogen-bond donors (Lipinski definition) is 2. The maximum Gasteiger partial charge on any atom is 0.303 e. The molecule has 2 heterocycles. The number of aliphatic hydroxyl groups is 2. The molecule has 0 unspecified atom stereocenters. The van der Waals surface area contributed by atoms with Crippen LogP contribution in [0.5, 0.6) is 0 Å². The Labute approximate surface area is 338 Å². The van der Waals surface area contributed by atoms with Crippen LogP contribution in [-0.4, -0.2) is 101 Å². The van der Waals surface area contributed by atoms with Crippen molar-refractivity contribution in [1.29, 1.82) is 0 Å². The smallest absolute Gasteiger partial charge is 0.303 e. The second kappa shape index (κ2) is 15.3. The number of aliphatic hydroxyl groups excluding tert-OH is 1. The first-order valence-electron chi connectivity index (χ1n) is 21.3. The lowest BCUT2D eigenvalue weighted by molar-refractivity contribution is -0.338. The molecule has 16 atom stereocenters. The van der Waals surface area contributed by atoms with Gasteiger partial charge in [0.05, 0.1) is 29.5 Å². The second-order valence-electron chi connectivity index (χ2n) is 20.6. The third kappa shape index (κ3) is 7.67. The van der Waals surface area contributed by atoms with E-state index in [0.29, 0.717) is 12.8 Å². The van der Waals surface area contributed by atoms with Crippen molar-refractivity contribution in [3.63, 3.8) is 0 Å². The quantitative estimate of drug-likeness (QED) is 0.162. The van der Waals surface area contributed by atoms with Gasteiger partial charge in [0.25, 0.3) is 0 Å². The number of esters is 4. The Kier molecular flexibility index (Phi) is 11.9. The van der Waals surface area contributed by atoms with Crippen molar-refractivity contribution in [2.45, 2.75) is 201 Å². The number of rotatable bonds is 9. The summed E-state index contributed by atoms with van der Waals surface area (Å²) in [4.78, 5) is 50.0. The van der Waals surface area contributed by atoms with E-state index >= 15 is 0 Å². The van der Waals surface area contributed by atoms with Gasteiger partial charge in [-0.3, -0.25) is 19.2 Å². The minimum atomic E-state index is -1.34. The van der Waals surface area contributed by atoms with E-state index in [1.165, 1.54) is 27.7 Å². The molecule has 6 fully saturated rings. The van der Waals surface area contributed by atoms with Crippen LogP contribution < -0.4 is 0 Å². The van der Waals surface area contributed by atoms with Crippen molar-refractivity contribution in [3.05, 3.63) is 0 Å². The molecule has 0 spiro atoms. The van der Waals surface area contributed by atoms with Crippen LogP contribution in [0.4, 0.5) is 0 Å². The molecule has 0 radical (unpaired) electrons. The predicted octanol–water partition coefficient (Wildman–Crippen LogP) is 5.82. The molecule has 0 aromatic rings. The Morgan fingerprint density at radius 3 is 1.89 bits per heavy atom. The molecule has 13 heteroatoms. The van der Waals surface area contributed by atoms with E-state index in [2.05, 4.69) is 41.5 Å². The normalized spacial score (nSPS) is 46.5. The van der Waals surface area contributed by atoms with Gasteiger partial charge in [-0.05, 0) is 124 Å². The molecule has 6 rings (SSSR count). The average Bonchev–Trinajstić information content (AvgIpc) is 3.68. The van der Waals surface area contributed by atoms with Gasteiger partial charge < -0.3 is 43.4 Å².